The number of pyridine rings is 1. The van der Waals surface area contributed by atoms with Crippen molar-refractivity contribution in [2.45, 2.75) is 65.7 Å². The Bertz CT molecular complexity index is 562. The predicted molar refractivity (Wildman–Crippen MR) is 97.1 cm³/mol. The lowest BCUT2D eigenvalue weighted by Gasteiger charge is -2.28. The molecule has 0 saturated heterocycles. The van der Waals surface area contributed by atoms with Gasteiger partial charge in [-0.3, -0.25) is 4.98 Å². The SMILES string of the molecule is CC(C)Oc1cncc(/C=C\CC(C)N(C)C(=O)OC(C)(C)C)c1. The van der Waals surface area contributed by atoms with E-state index in [4.69, 9.17) is 9.47 Å². The molecule has 0 aliphatic carbocycles. The molecule has 0 aromatic carbocycles. The van der Waals surface area contributed by atoms with E-state index in [0.29, 0.717) is 0 Å². The first-order valence-electron chi connectivity index (χ1n) is 8.32. The second-order valence-corrected chi connectivity index (χ2v) is 7.20. The summed E-state index contributed by atoms with van der Waals surface area (Å²) in [5, 5.41) is 0. The number of carbonyl (C=O) groups excluding carboxylic acids is 1. The van der Waals surface area contributed by atoms with Crippen LogP contribution < -0.4 is 4.74 Å². The number of hydrogen-bond donors (Lipinski definition) is 0. The second-order valence-electron chi connectivity index (χ2n) is 7.20. The molecule has 1 amide bonds. The van der Waals surface area contributed by atoms with E-state index in [2.05, 4.69) is 4.98 Å². The molecule has 0 aliphatic heterocycles. The Balaban J connectivity index is 2.58. The predicted octanol–water partition coefficient (Wildman–Crippen LogP) is 4.53. The maximum absolute atomic E-state index is 12.0. The van der Waals surface area contributed by atoms with Gasteiger partial charge in [-0.25, -0.2) is 4.79 Å². The average molecular weight is 334 g/mol. The molecule has 1 unspecified atom stereocenters. The molecular weight excluding hydrogens is 304 g/mol. The molecule has 0 aliphatic rings. The zero-order chi connectivity index (χ0) is 18.3. The standard InChI is InChI=1S/C19H30N2O3/c1-14(2)23-17-11-16(12-20-13-17)10-8-9-15(3)21(7)18(22)24-19(4,5)6/h8,10-15H,9H2,1-7H3/b10-8-. The van der Waals surface area contributed by atoms with Crippen molar-refractivity contribution in [2.24, 2.45) is 0 Å². The van der Waals surface area contributed by atoms with Crippen LogP contribution in [0.2, 0.25) is 0 Å². The summed E-state index contributed by atoms with van der Waals surface area (Å²) in [4.78, 5) is 17.8. The Morgan fingerprint density at radius 3 is 2.54 bits per heavy atom. The highest BCUT2D eigenvalue weighted by atomic mass is 16.6. The Kier molecular flexibility index (Phi) is 7.26. The van der Waals surface area contributed by atoms with E-state index in [1.807, 2.05) is 59.8 Å². The zero-order valence-electron chi connectivity index (χ0n) is 15.9. The Morgan fingerprint density at radius 1 is 1.29 bits per heavy atom. The molecule has 1 aromatic rings. The van der Waals surface area contributed by atoms with E-state index in [0.717, 1.165) is 17.7 Å². The van der Waals surface area contributed by atoms with Gasteiger partial charge in [0.1, 0.15) is 11.4 Å². The lowest BCUT2D eigenvalue weighted by Crippen LogP contribution is -2.39. The van der Waals surface area contributed by atoms with Crippen LogP contribution in [0.15, 0.2) is 24.5 Å². The first-order chi connectivity index (χ1) is 11.1. The number of nitrogens with zero attached hydrogens (tertiary/aromatic N) is 2. The van der Waals surface area contributed by atoms with Gasteiger partial charge in [0.05, 0.1) is 12.3 Å². The fourth-order valence-electron chi connectivity index (χ4n) is 1.94. The smallest absolute Gasteiger partial charge is 0.410 e. The highest BCUT2D eigenvalue weighted by Gasteiger charge is 2.22. The highest BCUT2D eigenvalue weighted by Crippen LogP contribution is 2.15. The fraction of sp³-hybridized carbons (Fsp3) is 0.579. The Hall–Kier alpha value is -2.04. The third kappa shape index (κ3) is 7.49. The molecule has 1 heterocycles. The first kappa shape index (κ1) is 20.0. The lowest BCUT2D eigenvalue weighted by molar-refractivity contribution is 0.0238. The topological polar surface area (TPSA) is 51.7 Å². The summed E-state index contributed by atoms with van der Waals surface area (Å²) in [5.74, 6) is 0.756. The van der Waals surface area contributed by atoms with Crippen LogP contribution in [0.3, 0.4) is 0 Å². The van der Waals surface area contributed by atoms with Gasteiger partial charge < -0.3 is 14.4 Å². The van der Waals surface area contributed by atoms with Crippen molar-refractivity contribution in [3.63, 3.8) is 0 Å². The van der Waals surface area contributed by atoms with Gasteiger partial charge in [0, 0.05) is 19.3 Å². The third-order valence-corrected chi connectivity index (χ3v) is 3.24. The first-order valence-corrected chi connectivity index (χ1v) is 8.32. The number of hydrogen-bond acceptors (Lipinski definition) is 4. The highest BCUT2D eigenvalue weighted by molar-refractivity contribution is 5.68. The van der Waals surface area contributed by atoms with Crippen LogP contribution in [0.5, 0.6) is 5.75 Å². The fourth-order valence-corrected chi connectivity index (χ4v) is 1.94. The van der Waals surface area contributed by atoms with E-state index in [-0.39, 0.29) is 18.2 Å². The van der Waals surface area contributed by atoms with Gasteiger partial charge in [-0.15, -0.1) is 0 Å². The molecule has 1 rings (SSSR count). The molecule has 1 atom stereocenters. The minimum Gasteiger partial charge on any atom is -0.489 e. The van der Waals surface area contributed by atoms with E-state index in [9.17, 15) is 4.79 Å². The van der Waals surface area contributed by atoms with E-state index >= 15 is 0 Å². The van der Waals surface area contributed by atoms with Crippen LogP contribution in [0.25, 0.3) is 6.08 Å². The molecular formula is C19H30N2O3. The molecule has 0 bridgehead atoms. The summed E-state index contributed by atoms with van der Waals surface area (Å²) >= 11 is 0. The normalized spacial score (nSPS) is 13.2. The van der Waals surface area contributed by atoms with Gasteiger partial charge in [-0.05, 0) is 59.6 Å². The van der Waals surface area contributed by atoms with Crippen molar-refractivity contribution in [1.82, 2.24) is 9.88 Å². The van der Waals surface area contributed by atoms with Crippen molar-refractivity contribution in [2.75, 3.05) is 7.05 Å². The van der Waals surface area contributed by atoms with Crippen molar-refractivity contribution in [3.05, 3.63) is 30.1 Å². The molecule has 5 heteroatoms. The third-order valence-electron chi connectivity index (χ3n) is 3.24. The molecule has 0 fully saturated rings. The number of ether oxygens (including phenoxy) is 2. The molecule has 0 spiro atoms. The number of carbonyl (C=O) groups is 1. The van der Waals surface area contributed by atoms with Crippen molar-refractivity contribution < 1.29 is 14.3 Å². The van der Waals surface area contributed by atoms with Crippen molar-refractivity contribution >= 4 is 12.2 Å². The Labute approximate surface area is 145 Å². The molecule has 0 radical (unpaired) electrons. The number of amides is 1. The minimum absolute atomic E-state index is 0.0409. The van der Waals surface area contributed by atoms with Gasteiger partial charge in [0.25, 0.3) is 0 Å². The average Bonchev–Trinajstić information content (AvgIpc) is 2.44. The summed E-state index contributed by atoms with van der Waals surface area (Å²) in [6.45, 7) is 11.5. The monoisotopic (exact) mass is 334 g/mol. The van der Waals surface area contributed by atoms with Gasteiger partial charge in [0.2, 0.25) is 0 Å². The summed E-state index contributed by atoms with van der Waals surface area (Å²) < 4.78 is 11.0. The van der Waals surface area contributed by atoms with Crippen molar-refractivity contribution in [3.8, 4) is 5.75 Å². The molecule has 0 saturated carbocycles. The van der Waals surface area contributed by atoms with E-state index in [1.165, 1.54) is 0 Å². The molecule has 134 valence electrons. The van der Waals surface area contributed by atoms with Crippen LogP contribution in [0, 0.1) is 0 Å². The van der Waals surface area contributed by atoms with Crippen LogP contribution in [0.4, 0.5) is 4.79 Å². The van der Waals surface area contributed by atoms with Crippen LogP contribution in [-0.2, 0) is 4.74 Å². The molecule has 24 heavy (non-hydrogen) atoms. The number of aromatic nitrogens is 1. The Morgan fingerprint density at radius 2 is 1.96 bits per heavy atom. The van der Waals surface area contributed by atoms with Gasteiger partial charge >= 0.3 is 6.09 Å². The largest absolute Gasteiger partial charge is 0.489 e. The van der Waals surface area contributed by atoms with Gasteiger partial charge in [-0.2, -0.15) is 0 Å². The van der Waals surface area contributed by atoms with E-state index < -0.39 is 5.60 Å². The van der Waals surface area contributed by atoms with Crippen LogP contribution in [0.1, 0.15) is 53.5 Å². The van der Waals surface area contributed by atoms with Crippen LogP contribution >= 0.6 is 0 Å². The quantitative estimate of drug-likeness (QED) is 0.767. The molecule has 0 N–H and O–H groups in total. The van der Waals surface area contributed by atoms with Gasteiger partial charge in [-0.1, -0.05) is 12.2 Å². The summed E-state index contributed by atoms with van der Waals surface area (Å²) in [6.07, 6.45) is 8.04. The maximum Gasteiger partial charge on any atom is 0.410 e. The second kappa shape index (κ2) is 8.71. The summed E-state index contributed by atoms with van der Waals surface area (Å²) in [6, 6.07) is 1.99. The van der Waals surface area contributed by atoms with Crippen LogP contribution in [-0.4, -0.2) is 40.8 Å². The van der Waals surface area contributed by atoms with Crippen molar-refractivity contribution in [1.29, 1.82) is 0 Å². The summed E-state index contributed by atoms with van der Waals surface area (Å²) in [5.41, 5.74) is 0.490. The molecule has 5 nitrogen and oxygen atoms in total. The zero-order valence-corrected chi connectivity index (χ0v) is 15.9. The minimum atomic E-state index is -0.483. The maximum atomic E-state index is 12.0. The lowest BCUT2D eigenvalue weighted by atomic mass is 10.1. The van der Waals surface area contributed by atoms with Gasteiger partial charge in [0.15, 0.2) is 0 Å². The number of rotatable bonds is 6. The molecule has 1 aromatic heterocycles. The van der Waals surface area contributed by atoms with E-state index in [1.54, 1.807) is 24.3 Å². The summed E-state index contributed by atoms with van der Waals surface area (Å²) in [7, 11) is 1.76.